The topological polar surface area (TPSA) is 15.3 Å². The van der Waals surface area contributed by atoms with Gasteiger partial charge < -0.3 is 5.32 Å². The van der Waals surface area contributed by atoms with E-state index >= 15 is 0 Å². The van der Waals surface area contributed by atoms with Gasteiger partial charge in [0.15, 0.2) is 0 Å². The van der Waals surface area contributed by atoms with Crippen molar-refractivity contribution in [1.82, 2.24) is 10.2 Å². The van der Waals surface area contributed by atoms with Crippen LogP contribution in [0.15, 0.2) is 0 Å². The molecule has 3 atom stereocenters. The minimum absolute atomic E-state index is 0.707. The van der Waals surface area contributed by atoms with Crippen molar-refractivity contribution in [3.63, 3.8) is 0 Å². The first-order valence-corrected chi connectivity index (χ1v) is 9.08. The largest absolute Gasteiger partial charge is 0.311 e. The van der Waals surface area contributed by atoms with Crippen LogP contribution in [0.5, 0.6) is 0 Å². The van der Waals surface area contributed by atoms with Crippen molar-refractivity contribution < 1.29 is 0 Å². The number of thioether (sulfide) groups is 1. The van der Waals surface area contributed by atoms with Crippen molar-refractivity contribution in [1.29, 1.82) is 0 Å². The van der Waals surface area contributed by atoms with Crippen LogP contribution < -0.4 is 5.32 Å². The summed E-state index contributed by atoms with van der Waals surface area (Å²) >= 11 is 1.97. The van der Waals surface area contributed by atoms with Crippen LogP contribution in [0.1, 0.15) is 46.5 Å². The Hall–Kier alpha value is 0.270. The van der Waals surface area contributed by atoms with Crippen molar-refractivity contribution in [2.45, 2.75) is 58.5 Å². The molecule has 3 heteroatoms. The van der Waals surface area contributed by atoms with Crippen LogP contribution >= 0.6 is 11.8 Å². The third-order valence-electron chi connectivity index (χ3n) is 4.41. The van der Waals surface area contributed by atoms with Crippen LogP contribution in [-0.2, 0) is 0 Å². The van der Waals surface area contributed by atoms with Gasteiger partial charge in [-0.15, -0.1) is 0 Å². The van der Waals surface area contributed by atoms with Gasteiger partial charge in [0.25, 0.3) is 0 Å². The lowest BCUT2D eigenvalue weighted by molar-refractivity contribution is 0.105. The molecular formula is C15H32N2S. The maximum absolute atomic E-state index is 3.76. The highest BCUT2D eigenvalue weighted by molar-refractivity contribution is 7.98. The summed E-state index contributed by atoms with van der Waals surface area (Å²) in [7, 11) is 0. The van der Waals surface area contributed by atoms with Crippen molar-refractivity contribution in [3.8, 4) is 0 Å². The number of hydrogen-bond acceptors (Lipinski definition) is 3. The number of unbranched alkanes of at least 4 members (excludes halogenated alkanes) is 1. The van der Waals surface area contributed by atoms with Crippen molar-refractivity contribution in [2.75, 3.05) is 31.6 Å². The Kier molecular flexibility index (Phi) is 8.36. The molecule has 108 valence electrons. The van der Waals surface area contributed by atoms with E-state index in [1.165, 1.54) is 51.1 Å². The molecule has 1 N–H and O–H groups in total. The minimum atomic E-state index is 0.707. The van der Waals surface area contributed by atoms with Gasteiger partial charge in [-0.25, -0.2) is 0 Å². The number of piperazine rings is 1. The first-order valence-electron chi connectivity index (χ1n) is 7.69. The van der Waals surface area contributed by atoms with Gasteiger partial charge in [0, 0.05) is 25.2 Å². The smallest absolute Gasteiger partial charge is 0.0221 e. The average molecular weight is 273 g/mol. The summed E-state index contributed by atoms with van der Waals surface area (Å²) in [5, 5.41) is 3.76. The molecule has 0 aliphatic carbocycles. The summed E-state index contributed by atoms with van der Waals surface area (Å²) in [6, 6.07) is 1.47. The van der Waals surface area contributed by atoms with Crippen LogP contribution in [0.2, 0.25) is 0 Å². The zero-order chi connectivity index (χ0) is 13.4. The molecule has 1 saturated heterocycles. The van der Waals surface area contributed by atoms with E-state index in [0.29, 0.717) is 6.04 Å². The van der Waals surface area contributed by atoms with Gasteiger partial charge in [0.2, 0.25) is 0 Å². The van der Waals surface area contributed by atoms with Gasteiger partial charge in [0.05, 0.1) is 0 Å². The SMILES string of the molecule is CCC(C)C1CN(CCCCSC)C(CC)CN1. The highest BCUT2D eigenvalue weighted by Gasteiger charge is 2.28. The second-order valence-corrected chi connectivity index (χ2v) is 6.64. The maximum Gasteiger partial charge on any atom is 0.0221 e. The lowest BCUT2D eigenvalue weighted by atomic mass is 9.94. The molecule has 0 radical (unpaired) electrons. The Balaban J connectivity index is 2.38. The van der Waals surface area contributed by atoms with E-state index in [1.54, 1.807) is 0 Å². The predicted octanol–water partition coefficient (Wildman–Crippen LogP) is 3.23. The average Bonchev–Trinajstić information content (AvgIpc) is 2.42. The molecule has 0 aromatic carbocycles. The molecule has 0 aromatic heterocycles. The molecule has 1 aliphatic heterocycles. The highest BCUT2D eigenvalue weighted by atomic mass is 32.2. The van der Waals surface area contributed by atoms with E-state index in [0.717, 1.165) is 12.0 Å². The lowest BCUT2D eigenvalue weighted by Crippen LogP contribution is -2.58. The van der Waals surface area contributed by atoms with Gasteiger partial charge in [-0.1, -0.05) is 27.2 Å². The zero-order valence-corrected chi connectivity index (χ0v) is 13.6. The van der Waals surface area contributed by atoms with Crippen LogP contribution in [0.3, 0.4) is 0 Å². The molecule has 0 amide bonds. The van der Waals surface area contributed by atoms with E-state index in [9.17, 15) is 0 Å². The Morgan fingerprint density at radius 3 is 2.72 bits per heavy atom. The molecule has 1 aliphatic rings. The normalized spacial score (nSPS) is 27.3. The Bertz CT molecular complexity index is 211. The number of nitrogens with zero attached hydrogens (tertiary/aromatic N) is 1. The predicted molar refractivity (Wildman–Crippen MR) is 84.5 cm³/mol. The Morgan fingerprint density at radius 2 is 2.11 bits per heavy atom. The summed E-state index contributed by atoms with van der Waals surface area (Å²) in [5.41, 5.74) is 0. The summed E-state index contributed by atoms with van der Waals surface area (Å²) in [4.78, 5) is 2.74. The molecule has 2 nitrogen and oxygen atoms in total. The van der Waals surface area contributed by atoms with E-state index in [2.05, 4.69) is 37.2 Å². The minimum Gasteiger partial charge on any atom is -0.311 e. The van der Waals surface area contributed by atoms with Crippen LogP contribution in [0, 0.1) is 5.92 Å². The first kappa shape index (κ1) is 16.3. The quantitative estimate of drug-likeness (QED) is 0.683. The van der Waals surface area contributed by atoms with Gasteiger partial charge in [-0.3, -0.25) is 4.90 Å². The molecule has 0 spiro atoms. The fourth-order valence-electron chi connectivity index (χ4n) is 2.79. The van der Waals surface area contributed by atoms with Gasteiger partial charge in [0.1, 0.15) is 0 Å². The van der Waals surface area contributed by atoms with E-state index in [4.69, 9.17) is 0 Å². The van der Waals surface area contributed by atoms with Crippen molar-refractivity contribution in [3.05, 3.63) is 0 Å². The first-order chi connectivity index (χ1) is 8.72. The molecule has 3 unspecified atom stereocenters. The lowest BCUT2D eigenvalue weighted by Gasteiger charge is -2.42. The summed E-state index contributed by atoms with van der Waals surface area (Å²) < 4.78 is 0. The number of rotatable bonds is 8. The van der Waals surface area contributed by atoms with E-state index < -0.39 is 0 Å². The van der Waals surface area contributed by atoms with E-state index in [1.807, 2.05) is 11.8 Å². The molecule has 1 heterocycles. The molecule has 18 heavy (non-hydrogen) atoms. The van der Waals surface area contributed by atoms with Crippen molar-refractivity contribution in [2.24, 2.45) is 5.92 Å². The second kappa shape index (κ2) is 9.22. The number of nitrogens with one attached hydrogen (secondary N) is 1. The molecule has 1 fully saturated rings. The highest BCUT2D eigenvalue weighted by Crippen LogP contribution is 2.18. The molecule has 1 rings (SSSR count). The summed E-state index contributed by atoms with van der Waals surface area (Å²) in [6.45, 7) is 10.8. The Labute approximate surface area is 118 Å². The third-order valence-corrected chi connectivity index (χ3v) is 5.11. The standard InChI is InChI=1S/C15H32N2S/c1-5-13(3)15-12-17(9-7-8-10-18-4)14(6-2)11-16-15/h13-16H,5-12H2,1-4H3. The van der Waals surface area contributed by atoms with Crippen molar-refractivity contribution >= 4 is 11.8 Å². The summed E-state index contributed by atoms with van der Waals surface area (Å²) in [6.07, 6.45) is 7.51. The van der Waals surface area contributed by atoms with Crippen LogP contribution in [-0.4, -0.2) is 48.6 Å². The maximum atomic E-state index is 3.76. The monoisotopic (exact) mass is 272 g/mol. The molecular weight excluding hydrogens is 240 g/mol. The third kappa shape index (κ3) is 5.10. The van der Waals surface area contributed by atoms with Gasteiger partial charge in [-0.2, -0.15) is 11.8 Å². The number of hydrogen-bond donors (Lipinski definition) is 1. The Morgan fingerprint density at radius 1 is 1.33 bits per heavy atom. The summed E-state index contributed by atoms with van der Waals surface area (Å²) in [5.74, 6) is 2.12. The van der Waals surface area contributed by atoms with Gasteiger partial charge >= 0.3 is 0 Å². The van der Waals surface area contributed by atoms with Crippen LogP contribution in [0.25, 0.3) is 0 Å². The molecule has 0 aromatic rings. The fourth-order valence-corrected chi connectivity index (χ4v) is 3.28. The zero-order valence-electron chi connectivity index (χ0n) is 12.7. The molecule has 0 bridgehead atoms. The fraction of sp³-hybridized carbons (Fsp3) is 1.00. The second-order valence-electron chi connectivity index (χ2n) is 5.66. The molecule has 0 saturated carbocycles. The van der Waals surface area contributed by atoms with E-state index in [-0.39, 0.29) is 0 Å². The van der Waals surface area contributed by atoms with Gasteiger partial charge in [-0.05, 0) is 43.7 Å². The van der Waals surface area contributed by atoms with Crippen LogP contribution in [0.4, 0.5) is 0 Å².